The highest BCUT2D eigenvalue weighted by Gasteiger charge is 2.34. The minimum absolute atomic E-state index is 0.176. The summed E-state index contributed by atoms with van der Waals surface area (Å²) in [6.07, 6.45) is 1.10. The zero-order valence-electron chi connectivity index (χ0n) is 13.2. The summed E-state index contributed by atoms with van der Waals surface area (Å²) in [7, 11) is 1.79. The molecule has 0 radical (unpaired) electrons. The smallest absolute Gasteiger partial charge is 0.0615 e. The molecule has 1 aromatic rings. The molecule has 0 bridgehead atoms. The first-order valence-corrected chi connectivity index (χ1v) is 7.55. The minimum Gasteiger partial charge on any atom is -0.383 e. The second-order valence-corrected chi connectivity index (χ2v) is 6.59. The van der Waals surface area contributed by atoms with Crippen molar-refractivity contribution in [3.8, 4) is 0 Å². The second kappa shape index (κ2) is 6.70. The Kier molecular flexibility index (Phi) is 5.19. The van der Waals surface area contributed by atoms with E-state index in [1.54, 1.807) is 7.11 Å². The summed E-state index contributed by atoms with van der Waals surface area (Å²) < 4.78 is 5.36. The van der Waals surface area contributed by atoms with Gasteiger partial charge in [0, 0.05) is 37.8 Å². The lowest BCUT2D eigenvalue weighted by Gasteiger charge is -2.47. The molecule has 0 aliphatic carbocycles. The Bertz CT molecular complexity index is 405. The molecule has 2 atom stereocenters. The van der Waals surface area contributed by atoms with Crippen LogP contribution in [0.3, 0.4) is 0 Å². The van der Waals surface area contributed by atoms with Crippen molar-refractivity contribution in [2.24, 2.45) is 0 Å². The van der Waals surface area contributed by atoms with Gasteiger partial charge in [0.2, 0.25) is 0 Å². The number of methoxy groups -OCH3 is 1. The molecule has 1 heterocycles. The van der Waals surface area contributed by atoms with Crippen LogP contribution in [-0.2, 0) is 11.2 Å². The average Bonchev–Trinajstić information content (AvgIpc) is 2.42. The van der Waals surface area contributed by atoms with Crippen molar-refractivity contribution >= 4 is 0 Å². The average molecular weight is 276 g/mol. The van der Waals surface area contributed by atoms with Crippen LogP contribution in [0, 0.1) is 0 Å². The van der Waals surface area contributed by atoms with Crippen molar-refractivity contribution in [2.75, 3.05) is 26.8 Å². The topological polar surface area (TPSA) is 24.5 Å². The van der Waals surface area contributed by atoms with Crippen LogP contribution in [0.15, 0.2) is 30.3 Å². The molecule has 20 heavy (non-hydrogen) atoms. The van der Waals surface area contributed by atoms with Gasteiger partial charge in [-0.1, -0.05) is 30.3 Å². The van der Waals surface area contributed by atoms with Crippen molar-refractivity contribution < 1.29 is 4.74 Å². The van der Waals surface area contributed by atoms with Gasteiger partial charge in [0.15, 0.2) is 0 Å². The molecule has 3 nitrogen and oxygen atoms in total. The SMILES string of the molecule is COCC(C)N1CC(C)(C)NCC1Cc1ccccc1. The molecule has 1 aliphatic rings. The van der Waals surface area contributed by atoms with E-state index < -0.39 is 0 Å². The summed E-state index contributed by atoms with van der Waals surface area (Å²) in [5, 5.41) is 3.67. The van der Waals surface area contributed by atoms with E-state index in [0.717, 1.165) is 26.1 Å². The van der Waals surface area contributed by atoms with Gasteiger partial charge in [-0.05, 0) is 32.8 Å². The highest BCUT2D eigenvalue weighted by Crippen LogP contribution is 2.21. The van der Waals surface area contributed by atoms with Crippen molar-refractivity contribution in [3.63, 3.8) is 0 Å². The third-order valence-corrected chi connectivity index (χ3v) is 4.15. The number of ether oxygens (including phenoxy) is 1. The molecular weight excluding hydrogens is 248 g/mol. The Morgan fingerprint density at radius 2 is 2.05 bits per heavy atom. The lowest BCUT2D eigenvalue weighted by molar-refractivity contribution is 0.0237. The molecule has 1 fully saturated rings. The molecule has 0 spiro atoms. The van der Waals surface area contributed by atoms with Crippen molar-refractivity contribution in [2.45, 2.75) is 44.8 Å². The Balaban J connectivity index is 2.08. The Morgan fingerprint density at radius 1 is 1.35 bits per heavy atom. The van der Waals surface area contributed by atoms with E-state index in [1.807, 2.05) is 0 Å². The number of hydrogen-bond acceptors (Lipinski definition) is 3. The van der Waals surface area contributed by atoms with Crippen LogP contribution in [0.1, 0.15) is 26.3 Å². The first-order chi connectivity index (χ1) is 9.52. The zero-order chi connectivity index (χ0) is 14.6. The molecule has 1 N–H and O–H groups in total. The lowest BCUT2D eigenvalue weighted by Crippen LogP contribution is -2.64. The largest absolute Gasteiger partial charge is 0.383 e. The predicted molar refractivity (Wildman–Crippen MR) is 84.1 cm³/mol. The molecule has 112 valence electrons. The van der Waals surface area contributed by atoms with E-state index >= 15 is 0 Å². The van der Waals surface area contributed by atoms with Gasteiger partial charge in [0.05, 0.1) is 6.61 Å². The van der Waals surface area contributed by atoms with Gasteiger partial charge < -0.3 is 10.1 Å². The maximum atomic E-state index is 5.36. The number of benzene rings is 1. The van der Waals surface area contributed by atoms with Crippen LogP contribution in [0.2, 0.25) is 0 Å². The number of piperazine rings is 1. The molecule has 1 aliphatic heterocycles. The molecule has 0 amide bonds. The minimum atomic E-state index is 0.176. The van der Waals surface area contributed by atoms with Crippen molar-refractivity contribution in [3.05, 3.63) is 35.9 Å². The first kappa shape index (κ1) is 15.5. The predicted octanol–water partition coefficient (Wildman–Crippen LogP) is 2.32. The molecule has 2 unspecified atom stereocenters. The fourth-order valence-electron chi connectivity index (χ4n) is 3.08. The van der Waals surface area contributed by atoms with E-state index in [2.05, 4.69) is 61.3 Å². The fraction of sp³-hybridized carbons (Fsp3) is 0.647. The summed E-state index contributed by atoms with van der Waals surface area (Å²) in [6, 6.07) is 11.8. The van der Waals surface area contributed by atoms with Gasteiger partial charge in [0.1, 0.15) is 0 Å². The molecule has 2 rings (SSSR count). The molecular formula is C17H28N2O. The van der Waals surface area contributed by atoms with Crippen LogP contribution < -0.4 is 5.32 Å². The summed E-state index contributed by atoms with van der Waals surface area (Å²) in [4.78, 5) is 2.60. The van der Waals surface area contributed by atoms with Crippen molar-refractivity contribution in [1.82, 2.24) is 10.2 Å². The van der Waals surface area contributed by atoms with Crippen LogP contribution >= 0.6 is 0 Å². The van der Waals surface area contributed by atoms with Crippen LogP contribution in [0.4, 0.5) is 0 Å². The standard InChI is InChI=1S/C17H28N2O/c1-14(12-20-4)19-13-17(2,3)18-11-16(19)10-15-8-6-5-7-9-15/h5-9,14,16,18H,10-13H2,1-4H3. The number of nitrogens with zero attached hydrogens (tertiary/aromatic N) is 1. The number of rotatable bonds is 5. The third kappa shape index (κ3) is 4.05. The van der Waals surface area contributed by atoms with Gasteiger partial charge in [-0.2, -0.15) is 0 Å². The van der Waals surface area contributed by atoms with Crippen LogP contribution in [-0.4, -0.2) is 49.3 Å². The van der Waals surface area contributed by atoms with E-state index in [4.69, 9.17) is 4.74 Å². The van der Waals surface area contributed by atoms with E-state index in [1.165, 1.54) is 5.56 Å². The van der Waals surface area contributed by atoms with Gasteiger partial charge in [-0.3, -0.25) is 4.90 Å². The maximum Gasteiger partial charge on any atom is 0.0615 e. The van der Waals surface area contributed by atoms with Crippen LogP contribution in [0.5, 0.6) is 0 Å². The van der Waals surface area contributed by atoms with E-state index in [0.29, 0.717) is 12.1 Å². The van der Waals surface area contributed by atoms with Gasteiger partial charge >= 0.3 is 0 Å². The summed E-state index contributed by atoms with van der Waals surface area (Å²) >= 11 is 0. The van der Waals surface area contributed by atoms with E-state index in [-0.39, 0.29) is 5.54 Å². The Hall–Kier alpha value is -0.900. The second-order valence-electron chi connectivity index (χ2n) is 6.59. The highest BCUT2D eigenvalue weighted by molar-refractivity contribution is 5.16. The zero-order valence-corrected chi connectivity index (χ0v) is 13.2. The number of nitrogens with one attached hydrogen (secondary N) is 1. The quantitative estimate of drug-likeness (QED) is 0.893. The highest BCUT2D eigenvalue weighted by atomic mass is 16.5. The monoisotopic (exact) mass is 276 g/mol. The molecule has 3 heteroatoms. The summed E-state index contributed by atoms with van der Waals surface area (Å²) in [5.74, 6) is 0. The fourth-order valence-corrected chi connectivity index (χ4v) is 3.08. The molecule has 1 aromatic carbocycles. The molecule has 0 aromatic heterocycles. The van der Waals surface area contributed by atoms with E-state index in [9.17, 15) is 0 Å². The number of hydrogen-bond donors (Lipinski definition) is 1. The van der Waals surface area contributed by atoms with Gasteiger partial charge in [-0.15, -0.1) is 0 Å². The summed E-state index contributed by atoms with van der Waals surface area (Å²) in [5.41, 5.74) is 1.59. The first-order valence-electron chi connectivity index (χ1n) is 7.55. The lowest BCUT2D eigenvalue weighted by atomic mass is 9.94. The Labute approximate surface area is 123 Å². The van der Waals surface area contributed by atoms with Crippen molar-refractivity contribution in [1.29, 1.82) is 0 Å². The van der Waals surface area contributed by atoms with Crippen LogP contribution in [0.25, 0.3) is 0 Å². The van der Waals surface area contributed by atoms with Gasteiger partial charge in [0.25, 0.3) is 0 Å². The van der Waals surface area contributed by atoms with Gasteiger partial charge in [-0.25, -0.2) is 0 Å². The normalized spacial score (nSPS) is 24.5. The third-order valence-electron chi connectivity index (χ3n) is 4.15. The molecule has 1 saturated heterocycles. The summed E-state index contributed by atoms with van der Waals surface area (Å²) in [6.45, 7) is 9.71. The molecule has 0 saturated carbocycles. The maximum absolute atomic E-state index is 5.36. The Morgan fingerprint density at radius 3 is 2.70 bits per heavy atom.